The molecule has 7 nitrogen and oxygen atoms in total. The Morgan fingerprint density at radius 3 is 2.05 bits per heavy atom. The van der Waals surface area contributed by atoms with Gasteiger partial charge in [0.1, 0.15) is 12.6 Å². The van der Waals surface area contributed by atoms with Gasteiger partial charge in [0, 0.05) is 17.1 Å². The lowest BCUT2D eigenvalue weighted by molar-refractivity contribution is -0.141. The number of carbonyl (C=O) groups excluding carboxylic acids is 2. The van der Waals surface area contributed by atoms with Crippen LogP contribution in [0.15, 0.2) is 83.8 Å². The van der Waals surface area contributed by atoms with Gasteiger partial charge in [-0.25, -0.2) is 8.42 Å². The number of benzene rings is 3. The highest BCUT2D eigenvalue weighted by Gasteiger charge is 2.34. The van der Waals surface area contributed by atoms with Gasteiger partial charge in [-0.05, 0) is 76.1 Å². The first kappa shape index (κ1) is 30.2. The summed E-state index contributed by atoms with van der Waals surface area (Å²) >= 11 is 6.07. The van der Waals surface area contributed by atoms with E-state index in [4.69, 9.17) is 11.6 Å². The van der Waals surface area contributed by atoms with E-state index in [0.29, 0.717) is 17.1 Å². The van der Waals surface area contributed by atoms with Crippen molar-refractivity contribution in [3.63, 3.8) is 0 Å². The van der Waals surface area contributed by atoms with Gasteiger partial charge in [0.05, 0.1) is 10.6 Å². The van der Waals surface area contributed by atoms with Crippen molar-refractivity contribution >= 4 is 39.1 Å². The van der Waals surface area contributed by atoms with Crippen molar-refractivity contribution in [2.24, 2.45) is 0 Å². The summed E-state index contributed by atoms with van der Waals surface area (Å²) in [6.45, 7) is 8.97. The lowest BCUT2D eigenvalue weighted by Gasteiger charge is -2.34. The standard InChI is InChI=1S/C30H36ClN3O4S/c1-6-27(29(36)32-30(3,4)5)33(20-23-10-8-7-9-11-23)28(35)21-34(25-16-14-24(31)15-17-25)39(37,38)26-18-12-22(2)13-19-26/h7-19,27H,6,20-21H2,1-5H3,(H,32,36). The largest absolute Gasteiger partial charge is 0.350 e. The summed E-state index contributed by atoms with van der Waals surface area (Å²) in [5.41, 5.74) is 1.52. The zero-order valence-corrected chi connectivity index (χ0v) is 24.6. The molecule has 9 heteroatoms. The van der Waals surface area contributed by atoms with Gasteiger partial charge >= 0.3 is 0 Å². The molecule has 39 heavy (non-hydrogen) atoms. The molecule has 2 amide bonds. The number of hydrogen-bond donors (Lipinski definition) is 1. The van der Waals surface area contributed by atoms with Crippen LogP contribution in [0.25, 0.3) is 0 Å². The molecule has 1 atom stereocenters. The van der Waals surface area contributed by atoms with Crippen LogP contribution in [0.4, 0.5) is 5.69 Å². The molecule has 1 unspecified atom stereocenters. The van der Waals surface area contributed by atoms with E-state index < -0.39 is 34.1 Å². The summed E-state index contributed by atoms with van der Waals surface area (Å²) in [5, 5.41) is 3.40. The van der Waals surface area contributed by atoms with E-state index in [0.717, 1.165) is 15.4 Å². The second kappa shape index (κ2) is 12.7. The van der Waals surface area contributed by atoms with Gasteiger partial charge in [-0.15, -0.1) is 0 Å². The fourth-order valence-corrected chi connectivity index (χ4v) is 5.67. The number of aryl methyl sites for hydroxylation is 1. The molecule has 0 radical (unpaired) electrons. The van der Waals surface area contributed by atoms with E-state index in [2.05, 4.69) is 5.32 Å². The SMILES string of the molecule is CCC(C(=O)NC(C)(C)C)N(Cc1ccccc1)C(=O)CN(c1ccc(Cl)cc1)S(=O)(=O)c1ccc(C)cc1. The first-order valence-electron chi connectivity index (χ1n) is 12.8. The first-order chi connectivity index (χ1) is 18.3. The molecule has 3 aromatic rings. The van der Waals surface area contributed by atoms with Crippen LogP contribution >= 0.6 is 11.6 Å². The molecule has 3 aromatic carbocycles. The van der Waals surface area contributed by atoms with E-state index in [1.165, 1.54) is 17.0 Å². The van der Waals surface area contributed by atoms with Crippen molar-refractivity contribution in [1.29, 1.82) is 0 Å². The summed E-state index contributed by atoms with van der Waals surface area (Å²) in [6, 6.07) is 21.3. The fraction of sp³-hybridized carbons (Fsp3) is 0.333. The minimum atomic E-state index is -4.12. The van der Waals surface area contributed by atoms with Crippen LogP contribution in [-0.4, -0.2) is 43.3 Å². The third-order valence-corrected chi connectivity index (χ3v) is 8.12. The Balaban J connectivity index is 2.05. The number of anilines is 1. The maximum atomic E-state index is 14.0. The summed E-state index contributed by atoms with van der Waals surface area (Å²) < 4.78 is 28.8. The van der Waals surface area contributed by atoms with Gasteiger partial charge in [0.25, 0.3) is 10.0 Å². The maximum Gasteiger partial charge on any atom is 0.264 e. The van der Waals surface area contributed by atoms with Crippen molar-refractivity contribution in [3.8, 4) is 0 Å². The number of sulfonamides is 1. The quantitative estimate of drug-likeness (QED) is 0.346. The number of rotatable bonds is 10. The summed E-state index contributed by atoms with van der Waals surface area (Å²) in [4.78, 5) is 28.9. The normalized spacial score (nSPS) is 12.5. The van der Waals surface area contributed by atoms with E-state index in [9.17, 15) is 18.0 Å². The van der Waals surface area contributed by atoms with Crippen LogP contribution in [0.3, 0.4) is 0 Å². The summed E-state index contributed by atoms with van der Waals surface area (Å²) in [6.07, 6.45) is 0.353. The molecule has 208 valence electrons. The summed E-state index contributed by atoms with van der Waals surface area (Å²) in [5.74, 6) is -0.797. The van der Waals surface area contributed by atoms with Crippen LogP contribution in [0.1, 0.15) is 45.2 Å². The number of nitrogens with zero attached hydrogens (tertiary/aromatic N) is 2. The van der Waals surface area contributed by atoms with Crippen LogP contribution < -0.4 is 9.62 Å². The van der Waals surface area contributed by atoms with Crippen LogP contribution in [0.2, 0.25) is 5.02 Å². The van der Waals surface area contributed by atoms with Crippen molar-refractivity contribution in [2.45, 2.75) is 64.1 Å². The van der Waals surface area contributed by atoms with E-state index in [1.807, 2.05) is 65.0 Å². The van der Waals surface area contributed by atoms with Gasteiger partial charge in [-0.3, -0.25) is 13.9 Å². The molecule has 0 saturated carbocycles. The number of carbonyl (C=O) groups is 2. The number of amides is 2. The van der Waals surface area contributed by atoms with Gasteiger partial charge in [-0.1, -0.05) is 66.6 Å². The number of halogens is 1. The second-order valence-electron chi connectivity index (χ2n) is 10.5. The summed E-state index contributed by atoms with van der Waals surface area (Å²) in [7, 11) is -4.12. The Morgan fingerprint density at radius 2 is 1.51 bits per heavy atom. The number of nitrogens with one attached hydrogen (secondary N) is 1. The molecular formula is C30H36ClN3O4S. The highest BCUT2D eigenvalue weighted by molar-refractivity contribution is 7.92. The second-order valence-corrected chi connectivity index (χ2v) is 12.8. The highest BCUT2D eigenvalue weighted by Crippen LogP contribution is 2.26. The Labute approximate surface area is 236 Å². The van der Waals surface area contributed by atoms with Gasteiger partial charge < -0.3 is 10.2 Å². The van der Waals surface area contributed by atoms with Crippen molar-refractivity contribution in [1.82, 2.24) is 10.2 Å². The Hall–Kier alpha value is -3.36. The fourth-order valence-electron chi connectivity index (χ4n) is 4.13. The molecule has 0 spiro atoms. The van der Waals surface area contributed by atoms with Crippen molar-refractivity contribution in [2.75, 3.05) is 10.8 Å². The minimum Gasteiger partial charge on any atom is -0.350 e. The van der Waals surface area contributed by atoms with E-state index >= 15 is 0 Å². The van der Waals surface area contributed by atoms with E-state index in [-0.39, 0.29) is 17.3 Å². The third-order valence-electron chi connectivity index (χ3n) is 6.08. The molecule has 0 aliphatic carbocycles. The Bertz CT molecular complexity index is 1370. The molecule has 0 heterocycles. The smallest absolute Gasteiger partial charge is 0.264 e. The van der Waals surface area contributed by atoms with Gasteiger partial charge in [-0.2, -0.15) is 0 Å². The lowest BCUT2D eigenvalue weighted by Crippen LogP contribution is -2.55. The zero-order valence-electron chi connectivity index (χ0n) is 23.0. The van der Waals surface area contributed by atoms with Crippen LogP contribution in [0.5, 0.6) is 0 Å². The molecule has 0 saturated heterocycles. The Kier molecular flexibility index (Phi) is 9.80. The van der Waals surface area contributed by atoms with Crippen LogP contribution in [-0.2, 0) is 26.2 Å². The predicted octanol–water partition coefficient (Wildman–Crippen LogP) is 5.57. The Morgan fingerprint density at radius 1 is 0.923 bits per heavy atom. The predicted molar refractivity (Wildman–Crippen MR) is 156 cm³/mol. The zero-order chi connectivity index (χ0) is 28.8. The van der Waals surface area contributed by atoms with E-state index in [1.54, 1.807) is 36.4 Å². The van der Waals surface area contributed by atoms with Crippen LogP contribution in [0, 0.1) is 6.92 Å². The molecule has 1 N–H and O–H groups in total. The molecule has 3 rings (SSSR count). The van der Waals surface area contributed by atoms with Gasteiger partial charge in [0.15, 0.2) is 0 Å². The number of hydrogen-bond acceptors (Lipinski definition) is 4. The molecule has 0 bridgehead atoms. The lowest BCUT2D eigenvalue weighted by atomic mass is 10.1. The topological polar surface area (TPSA) is 86.8 Å². The molecule has 0 aliphatic heterocycles. The van der Waals surface area contributed by atoms with Crippen molar-refractivity contribution < 1.29 is 18.0 Å². The average Bonchev–Trinajstić information content (AvgIpc) is 2.87. The first-order valence-corrected chi connectivity index (χ1v) is 14.6. The molecule has 0 fully saturated rings. The maximum absolute atomic E-state index is 14.0. The average molecular weight is 570 g/mol. The molecule has 0 aliphatic rings. The van der Waals surface area contributed by atoms with Crippen molar-refractivity contribution in [3.05, 3.63) is 95.0 Å². The molecular weight excluding hydrogens is 534 g/mol. The molecule has 0 aromatic heterocycles. The monoisotopic (exact) mass is 569 g/mol. The van der Waals surface area contributed by atoms with Gasteiger partial charge in [0.2, 0.25) is 11.8 Å². The third kappa shape index (κ3) is 8.07. The minimum absolute atomic E-state index is 0.0583. The highest BCUT2D eigenvalue weighted by atomic mass is 35.5.